The summed E-state index contributed by atoms with van der Waals surface area (Å²) >= 11 is 0. The third-order valence-corrected chi connectivity index (χ3v) is 6.53. The van der Waals surface area contributed by atoms with E-state index in [-0.39, 0.29) is 24.9 Å². The number of carbonyl (C=O) groups is 2. The smallest absolute Gasteiger partial charge is 0.235 e. The first-order valence-electron chi connectivity index (χ1n) is 10.8. The van der Waals surface area contributed by atoms with E-state index >= 15 is 0 Å². The Morgan fingerprint density at radius 2 is 1.88 bits per heavy atom. The fourth-order valence-electron chi connectivity index (χ4n) is 4.44. The van der Waals surface area contributed by atoms with Crippen molar-refractivity contribution >= 4 is 28.3 Å². The Balaban J connectivity index is 1.36. The number of Topliss-reactive ketones (excluding diaryl/α,β-unsaturated/α-hetero) is 1. The Kier molecular flexibility index (Phi) is 4.74. The van der Waals surface area contributed by atoms with Gasteiger partial charge in [0.05, 0.1) is 5.41 Å². The first kappa shape index (κ1) is 20.6. The topological polar surface area (TPSA) is 101 Å². The highest BCUT2D eigenvalue weighted by Crippen LogP contribution is 2.51. The van der Waals surface area contributed by atoms with Crippen molar-refractivity contribution in [3.8, 4) is 11.5 Å². The number of aliphatic hydroxyl groups is 1. The molecule has 2 aliphatic rings. The van der Waals surface area contributed by atoms with Gasteiger partial charge >= 0.3 is 0 Å². The molecule has 166 valence electrons. The second-order valence-corrected chi connectivity index (χ2v) is 9.35. The molecule has 7 heteroatoms. The minimum absolute atomic E-state index is 0.0275. The van der Waals surface area contributed by atoms with Crippen molar-refractivity contribution in [3.63, 3.8) is 0 Å². The van der Waals surface area contributed by atoms with E-state index in [1.54, 1.807) is 0 Å². The lowest BCUT2D eigenvalue weighted by molar-refractivity contribution is -0.122. The minimum Gasteiger partial charge on any atom is -0.454 e. The number of ketones is 1. The largest absolute Gasteiger partial charge is 0.454 e. The Labute approximate surface area is 185 Å². The van der Waals surface area contributed by atoms with Gasteiger partial charge < -0.3 is 24.9 Å². The van der Waals surface area contributed by atoms with Crippen molar-refractivity contribution in [2.24, 2.45) is 0 Å². The summed E-state index contributed by atoms with van der Waals surface area (Å²) < 4.78 is 10.9. The van der Waals surface area contributed by atoms with Crippen LogP contribution in [0.25, 0.3) is 10.9 Å². The molecule has 0 spiro atoms. The number of aromatic amines is 1. The van der Waals surface area contributed by atoms with Crippen LogP contribution in [0.1, 0.15) is 44.4 Å². The lowest BCUT2D eigenvalue weighted by Crippen LogP contribution is -2.27. The molecule has 3 N–H and O–H groups in total. The number of rotatable bonds is 7. The summed E-state index contributed by atoms with van der Waals surface area (Å²) in [6.45, 7) is 3.69. The molecular weight excluding hydrogens is 408 g/mol. The van der Waals surface area contributed by atoms with Gasteiger partial charge in [0.2, 0.25) is 12.7 Å². The summed E-state index contributed by atoms with van der Waals surface area (Å²) in [6, 6.07) is 13.5. The van der Waals surface area contributed by atoms with Crippen molar-refractivity contribution in [1.82, 2.24) is 4.98 Å². The average molecular weight is 434 g/mol. The van der Waals surface area contributed by atoms with Crippen molar-refractivity contribution in [1.29, 1.82) is 0 Å². The normalized spacial score (nSPS) is 16.2. The van der Waals surface area contributed by atoms with Crippen molar-refractivity contribution < 1.29 is 24.2 Å². The number of ether oxygens (including phenoxy) is 2. The van der Waals surface area contributed by atoms with Gasteiger partial charge in [0.15, 0.2) is 17.3 Å². The van der Waals surface area contributed by atoms with Crippen molar-refractivity contribution in [3.05, 3.63) is 53.7 Å². The van der Waals surface area contributed by atoms with E-state index in [1.165, 1.54) is 0 Å². The van der Waals surface area contributed by atoms with Crippen LogP contribution in [0.2, 0.25) is 0 Å². The van der Waals surface area contributed by atoms with Crippen LogP contribution in [0.4, 0.5) is 5.69 Å². The molecule has 3 aromatic rings. The highest BCUT2D eigenvalue weighted by atomic mass is 16.7. The van der Waals surface area contributed by atoms with Crippen LogP contribution < -0.4 is 14.8 Å². The van der Waals surface area contributed by atoms with E-state index in [0.29, 0.717) is 11.5 Å². The highest BCUT2D eigenvalue weighted by Gasteiger charge is 2.51. The Hall–Kier alpha value is -3.32. The monoisotopic (exact) mass is 434 g/mol. The Morgan fingerprint density at radius 1 is 1.09 bits per heavy atom. The van der Waals surface area contributed by atoms with E-state index < -0.39 is 17.4 Å². The molecule has 0 atom stereocenters. The maximum absolute atomic E-state index is 13.2. The number of hydrogen-bond donors (Lipinski definition) is 3. The summed E-state index contributed by atoms with van der Waals surface area (Å²) in [5.74, 6) is 1.17. The number of hydrogen-bond acceptors (Lipinski definition) is 5. The first-order valence-corrected chi connectivity index (χ1v) is 10.8. The number of aliphatic hydroxyl groups excluding tert-OH is 1. The molecule has 1 saturated carbocycles. The van der Waals surface area contributed by atoms with Crippen LogP contribution >= 0.6 is 0 Å². The Morgan fingerprint density at radius 3 is 2.62 bits per heavy atom. The van der Waals surface area contributed by atoms with E-state index in [4.69, 9.17) is 14.6 Å². The quantitative estimate of drug-likeness (QED) is 0.525. The molecule has 2 aromatic carbocycles. The van der Waals surface area contributed by atoms with Gasteiger partial charge in [-0.05, 0) is 54.8 Å². The van der Waals surface area contributed by atoms with Gasteiger partial charge in [0.1, 0.15) is 6.61 Å². The predicted molar refractivity (Wildman–Crippen MR) is 120 cm³/mol. The van der Waals surface area contributed by atoms with Gasteiger partial charge in [0, 0.05) is 34.1 Å². The van der Waals surface area contributed by atoms with Crippen LogP contribution in [-0.4, -0.2) is 35.2 Å². The molecule has 0 radical (unpaired) electrons. The van der Waals surface area contributed by atoms with Crippen LogP contribution in [0.3, 0.4) is 0 Å². The van der Waals surface area contributed by atoms with Gasteiger partial charge in [0.25, 0.3) is 0 Å². The maximum atomic E-state index is 13.2. The SMILES string of the molecule is CC(C)(CC(=O)CO)c1cc2cc(NC(=O)C3(c4ccc5c(c4)OCO5)CC3)ccc2[nH]1. The van der Waals surface area contributed by atoms with Gasteiger partial charge in [-0.2, -0.15) is 0 Å². The maximum Gasteiger partial charge on any atom is 0.235 e. The number of anilines is 1. The van der Waals surface area contributed by atoms with Crippen LogP contribution in [0.15, 0.2) is 42.5 Å². The van der Waals surface area contributed by atoms with Gasteiger partial charge in [-0.3, -0.25) is 9.59 Å². The Bertz CT molecular complexity index is 1220. The number of H-pyrrole nitrogens is 1. The van der Waals surface area contributed by atoms with Crippen LogP contribution in [0.5, 0.6) is 11.5 Å². The molecule has 7 nitrogen and oxygen atoms in total. The second-order valence-electron chi connectivity index (χ2n) is 9.35. The lowest BCUT2D eigenvalue weighted by atomic mass is 9.84. The first-order chi connectivity index (χ1) is 15.3. The van der Waals surface area contributed by atoms with Gasteiger partial charge in [-0.25, -0.2) is 0 Å². The van der Waals surface area contributed by atoms with E-state index in [1.807, 2.05) is 56.3 Å². The highest BCUT2D eigenvalue weighted by molar-refractivity contribution is 6.02. The zero-order valence-electron chi connectivity index (χ0n) is 18.2. The number of fused-ring (bicyclic) bond motifs is 2. The molecule has 0 unspecified atom stereocenters. The number of carbonyl (C=O) groups excluding carboxylic acids is 2. The third-order valence-electron chi connectivity index (χ3n) is 6.53. The number of amides is 1. The van der Waals surface area contributed by atoms with E-state index in [2.05, 4.69) is 10.3 Å². The van der Waals surface area contributed by atoms with E-state index in [0.717, 1.165) is 40.7 Å². The van der Waals surface area contributed by atoms with Gasteiger partial charge in [-0.15, -0.1) is 0 Å². The summed E-state index contributed by atoms with van der Waals surface area (Å²) in [7, 11) is 0. The van der Waals surface area contributed by atoms with Crippen molar-refractivity contribution in [2.45, 2.75) is 43.9 Å². The molecule has 0 saturated heterocycles. The molecule has 1 fully saturated rings. The number of nitrogens with one attached hydrogen (secondary N) is 2. The van der Waals surface area contributed by atoms with E-state index in [9.17, 15) is 9.59 Å². The molecule has 1 aromatic heterocycles. The summed E-state index contributed by atoms with van der Waals surface area (Å²) in [6.07, 6.45) is 1.84. The summed E-state index contributed by atoms with van der Waals surface area (Å²) in [5, 5.41) is 13.1. The molecule has 1 aliphatic carbocycles. The average Bonchev–Trinajstić information content (AvgIpc) is 3.25. The molecular formula is C25H26N2O5. The van der Waals surface area contributed by atoms with Crippen LogP contribution in [-0.2, 0) is 20.4 Å². The number of benzene rings is 2. The predicted octanol–water partition coefficient (Wildman–Crippen LogP) is 3.80. The standard InChI is InChI=1S/C25H26N2O5/c1-24(2,12-18(29)13-28)22-10-15-9-17(4-5-19(15)27-22)26-23(30)25(7-8-25)16-3-6-20-21(11-16)32-14-31-20/h3-6,9-11,27-28H,7-8,12-14H2,1-2H3,(H,26,30). The fraction of sp³-hybridized carbons (Fsp3) is 0.360. The third kappa shape index (κ3) is 3.52. The molecule has 32 heavy (non-hydrogen) atoms. The molecule has 2 heterocycles. The molecule has 0 bridgehead atoms. The second kappa shape index (κ2) is 7.38. The minimum atomic E-state index is -0.536. The molecule has 1 aliphatic heterocycles. The fourth-order valence-corrected chi connectivity index (χ4v) is 4.44. The zero-order valence-corrected chi connectivity index (χ0v) is 18.2. The van der Waals surface area contributed by atoms with Gasteiger partial charge in [-0.1, -0.05) is 19.9 Å². The summed E-state index contributed by atoms with van der Waals surface area (Å²) in [4.78, 5) is 28.3. The zero-order chi connectivity index (χ0) is 22.5. The number of aromatic nitrogens is 1. The summed E-state index contributed by atoms with van der Waals surface area (Å²) in [5.41, 5.74) is 2.55. The van der Waals surface area contributed by atoms with Crippen LogP contribution in [0, 0.1) is 0 Å². The van der Waals surface area contributed by atoms with Crippen molar-refractivity contribution in [2.75, 3.05) is 18.7 Å². The molecule has 1 amide bonds. The molecule has 5 rings (SSSR count). The lowest BCUT2D eigenvalue weighted by Gasteiger charge is -2.22.